The van der Waals surface area contributed by atoms with E-state index in [9.17, 15) is 4.79 Å². The summed E-state index contributed by atoms with van der Waals surface area (Å²) in [6.45, 7) is 0. The summed E-state index contributed by atoms with van der Waals surface area (Å²) in [6.07, 6.45) is 3.05. The Morgan fingerprint density at radius 3 is 2.85 bits per heavy atom. The minimum Gasteiger partial charge on any atom is -0.497 e. The van der Waals surface area contributed by atoms with E-state index in [0.717, 1.165) is 5.56 Å². The first kappa shape index (κ1) is 14.0. The summed E-state index contributed by atoms with van der Waals surface area (Å²) in [7, 11) is 3.15. The molecule has 104 valence electrons. The van der Waals surface area contributed by atoms with Crippen molar-refractivity contribution >= 4 is 28.5 Å². The summed E-state index contributed by atoms with van der Waals surface area (Å²) >= 11 is 1.25. The standard InChI is InChI=1S/C13H13N3O3S/c1-18-10-4-5-11(19-2)9(7-10)3-6-12(17)15-13-16-14-8-20-13/h3-8H,1-2H3,(H,15,16,17). The van der Waals surface area contributed by atoms with Crippen LogP contribution in [-0.2, 0) is 4.79 Å². The largest absolute Gasteiger partial charge is 0.497 e. The van der Waals surface area contributed by atoms with Crippen molar-refractivity contribution in [1.29, 1.82) is 0 Å². The number of anilines is 1. The summed E-state index contributed by atoms with van der Waals surface area (Å²) in [4.78, 5) is 11.7. The molecule has 0 bridgehead atoms. The highest BCUT2D eigenvalue weighted by Gasteiger charge is 2.04. The van der Waals surface area contributed by atoms with Crippen molar-refractivity contribution in [3.8, 4) is 11.5 Å². The molecule has 1 amide bonds. The molecule has 0 aliphatic rings. The van der Waals surface area contributed by atoms with Gasteiger partial charge in [-0.3, -0.25) is 10.1 Å². The number of carbonyl (C=O) groups excluding carboxylic acids is 1. The first-order valence-corrected chi connectivity index (χ1v) is 6.58. The molecule has 0 radical (unpaired) electrons. The average Bonchev–Trinajstić information content (AvgIpc) is 2.97. The molecule has 0 aliphatic heterocycles. The number of ether oxygens (including phenoxy) is 2. The zero-order valence-electron chi connectivity index (χ0n) is 11.0. The van der Waals surface area contributed by atoms with Crippen molar-refractivity contribution in [2.75, 3.05) is 19.5 Å². The Hall–Kier alpha value is -2.41. The molecular weight excluding hydrogens is 278 g/mol. The zero-order chi connectivity index (χ0) is 14.4. The number of hydrogen-bond acceptors (Lipinski definition) is 6. The number of rotatable bonds is 5. The normalized spacial score (nSPS) is 10.5. The van der Waals surface area contributed by atoms with Crippen LogP contribution in [-0.4, -0.2) is 30.3 Å². The first-order chi connectivity index (χ1) is 9.72. The molecule has 2 aromatic rings. The summed E-state index contributed by atoms with van der Waals surface area (Å²) in [5.74, 6) is 1.06. The molecule has 0 spiro atoms. The second-order valence-electron chi connectivity index (χ2n) is 3.67. The maximum absolute atomic E-state index is 11.7. The fourth-order valence-electron chi connectivity index (χ4n) is 1.51. The van der Waals surface area contributed by atoms with E-state index in [4.69, 9.17) is 9.47 Å². The monoisotopic (exact) mass is 291 g/mol. The van der Waals surface area contributed by atoms with Gasteiger partial charge in [-0.1, -0.05) is 11.3 Å². The predicted octanol–water partition coefficient (Wildman–Crippen LogP) is 2.21. The molecule has 0 unspecified atom stereocenters. The van der Waals surface area contributed by atoms with Gasteiger partial charge in [-0.05, 0) is 24.3 Å². The number of carbonyl (C=O) groups is 1. The van der Waals surface area contributed by atoms with E-state index in [0.29, 0.717) is 16.6 Å². The van der Waals surface area contributed by atoms with Crippen LogP contribution in [0.1, 0.15) is 5.56 Å². The fraction of sp³-hybridized carbons (Fsp3) is 0.154. The molecule has 7 heteroatoms. The zero-order valence-corrected chi connectivity index (χ0v) is 11.8. The van der Waals surface area contributed by atoms with Crippen LogP contribution in [0.15, 0.2) is 29.8 Å². The highest BCUT2D eigenvalue weighted by atomic mass is 32.1. The van der Waals surface area contributed by atoms with Crippen LogP contribution in [0, 0.1) is 0 Å². The molecule has 0 fully saturated rings. The molecule has 1 aromatic carbocycles. The van der Waals surface area contributed by atoms with Crippen molar-refractivity contribution in [3.05, 3.63) is 35.3 Å². The second kappa shape index (κ2) is 6.67. The van der Waals surface area contributed by atoms with Crippen LogP contribution in [0.5, 0.6) is 11.5 Å². The van der Waals surface area contributed by atoms with E-state index in [2.05, 4.69) is 15.5 Å². The number of aromatic nitrogens is 2. The lowest BCUT2D eigenvalue weighted by Gasteiger charge is -2.07. The van der Waals surface area contributed by atoms with Crippen LogP contribution < -0.4 is 14.8 Å². The van der Waals surface area contributed by atoms with Crippen LogP contribution in [0.2, 0.25) is 0 Å². The van der Waals surface area contributed by atoms with Gasteiger partial charge in [0.2, 0.25) is 11.0 Å². The summed E-state index contributed by atoms with van der Waals surface area (Å²) in [5, 5.41) is 10.4. The average molecular weight is 291 g/mol. The van der Waals surface area contributed by atoms with Crippen LogP contribution in [0.4, 0.5) is 5.13 Å². The van der Waals surface area contributed by atoms with Gasteiger partial charge in [0, 0.05) is 11.6 Å². The molecule has 1 aromatic heterocycles. The molecular formula is C13H13N3O3S. The summed E-state index contributed by atoms with van der Waals surface area (Å²) < 4.78 is 10.4. The smallest absolute Gasteiger partial charge is 0.250 e. The SMILES string of the molecule is COc1ccc(OC)c(C=CC(=O)Nc2nncs2)c1. The van der Waals surface area contributed by atoms with E-state index in [-0.39, 0.29) is 5.91 Å². The van der Waals surface area contributed by atoms with Crippen molar-refractivity contribution in [2.45, 2.75) is 0 Å². The Morgan fingerprint density at radius 2 is 2.20 bits per heavy atom. The second-order valence-corrected chi connectivity index (χ2v) is 4.51. The third-order valence-corrected chi connectivity index (χ3v) is 3.05. The number of methoxy groups -OCH3 is 2. The fourth-order valence-corrected chi connectivity index (χ4v) is 1.96. The van der Waals surface area contributed by atoms with Gasteiger partial charge in [0.25, 0.3) is 0 Å². The maximum atomic E-state index is 11.7. The summed E-state index contributed by atoms with van der Waals surface area (Å²) in [5.41, 5.74) is 2.30. The Bertz CT molecular complexity index is 611. The van der Waals surface area contributed by atoms with Crippen molar-refractivity contribution in [1.82, 2.24) is 10.2 Å². The van der Waals surface area contributed by atoms with Crippen molar-refractivity contribution < 1.29 is 14.3 Å². The van der Waals surface area contributed by atoms with E-state index < -0.39 is 0 Å². The lowest BCUT2D eigenvalue weighted by molar-refractivity contribution is -0.111. The Morgan fingerprint density at radius 1 is 1.35 bits per heavy atom. The number of nitrogens with zero attached hydrogens (tertiary/aromatic N) is 2. The topological polar surface area (TPSA) is 73.3 Å². The predicted molar refractivity (Wildman–Crippen MR) is 77.1 cm³/mol. The highest BCUT2D eigenvalue weighted by Crippen LogP contribution is 2.25. The quantitative estimate of drug-likeness (QED) is 0.855. The van der Waals surface area contributed by atoms with Gasteiger partial charge in [0.05, 0.1) is 14.2 Å². The first-order valence-electron chi connectivity index (χ1n) is 5.70. The van der Waals surface area contributed by atoms with Gasteiger partial charge in [-0.2, -0.15) is 0 Å². The highest BCUT2D eigenvalue weighted by molar-refractivity contribution is 7.13. The van der Waals surface area contributed by atoms with Crippen LogP contribution in [0.3, 0.4) is 0 Å². The van der Waals surface area contributed by atoms with Crippen molar-refractivity contribution in [2.24, 2.45) is 0 Å². The van der Waals surface area contributed by atoms with E-state index in [1.165, 1.54) is 17.4 Å². The van der Waals surface area contributed by atoms with E-state index in [1.54, 1.807) is 44.0 Å². The molecule has 1 heterocycles. The van der Waals surface area contributed by atoms with Gasteiger partial charge in [0.1, 0.15) is 17.0 Å². The molecule has 0 saturated heterocycles. The van der Waals surface area contributed by atoms with Crippen LogP contribution in [0.25, 0.3) is 6.08 Å². The molecule has 2 rings (SSSR count). The van der Waals surface area contributed by atoms with Crippen LogP contribution >= 0.6 is 11.3 Å². The molecule has 0 aliphatic carbocycles. The third-order valence-electron chi connectivity index (χ3n) is 2.44. The lowest BCUT2D eigenvalue weighted by atomic mass is 10.1. The Labute approximate surface area is 120 Å². The van der Waals surface area contributed by atoms with E-state index in [1.807, 2.05) is 0 Å². The minimum atomic E-state index is -0.286. The van der Waals surface area contributed by atoms with E-state index >= 15 is 0 Å². The Balaban J connectivity index is 2.11. The van der Waals surface area contributed by atoms with Gasteiger partial charge >= 0.3 is 0 Å². The van der Waals surface area contributed by atoms with Gasteiger partial charge in [-0.15, -0.1) is 10.2 Å². The minimum absolute atomic E-state index is 0.286. The number of benzene rings is 1. The number of hydrogen-bond donors (Lipinski definition) is 1. The van der Waals surface area contributed by atoms with Gasteiger partial charge < -0.3 is 9.47 Å². The Kier molecular flexibility index (Phi) is 4.67. The number of nitrogens with one attached hydrogen (secondary N) is 1. The summed E-state index contributed by atoms with van der Waals surface area (Å²) in [6, 6.07) is 5.35. The number of amides is 1. The van der Waals surface area contributed by atoms with Crippen molar-refractivity contribution in [3.63, 3.8) is 0 Å². The maximum Gasteiger partial charge on any atom is 0.250 e. The van der Waals surface area contributed by atoms with Gasteiger partial charge in [-0.25, -0.2) is 0 Å². The molecule has 1 N–H and O–H groups in total. The van der Waals surface area contributed by atoms with Gasteiger partial charge in [0.15, 0.2) is 0 Å². The molecule has 20 heavy (non-hydrogen) atoms. The molecule has 0 atom stereocenters. The molecule has 6 nitrogen and oxygen atoms in total. The molecule has 0 saturated carbocycles. The third kappa shape index (κ3) is 3.55. The lowest BCUT2D eigenvalue weighted by Crippen LogP contribution is -2.07.